The summed E-state index contributed by atoms with van der Waals surface area (Å²) < 4.78 is 2.54. The Morgan fingerprint density at radius 2 is 2.30 bits per heavy atom. The van der Waals surface area contributed by atoms with Gasteiger partial charge in [-0.05, 0) is 30.8 Å². The van der Waals surface area contributed by atoms with Crippen LogP contribution in [0.5, 0.6) is 0 Å². The van der Waals surface area contributed by atoms with Gasteiger partial charge in [-0.25, -0.2) is 4.98 Å². The smallest absolute Gasteiger partial charge is 0.195 e. The maximum absolute atomic E-state index is 5.31. The Morgan fingerprint density at radius 1 is 1.40 bits per heavy atom. The monoisotopic (exact) mass is 303 g/mol. The second-order valence-corrected chi connectivity index (χ2v) is 5.84. The minimum absolute atomic E-state index is 0.595. The Kier molecular flexibility index (Phi) is 3.70. The Hall–Kier alpha value is -1.86. The number of aromatic nitrogens is 5. The Bertz CT molecular complexity index is 756. The Balaban J connectivity index is 1.97. The van der Waals surface area contributed by atoms with Gasteiger partial charge in [0.2, 0.25) is 0 Å². The quantitative estimate of drug-likeness (QED) is 0.753. The van der Waals surface area contributed by atoms with Gasteiger partial charge in [-0.1, -0.05) is 6.92 Å². The summed E-state index contributed by atoms with van der Waals surface area (Å²) in [6.45, 7) is 2.76. The van der Waals surface area contributed by atoms with Gasteiger partial charge in [0.15, 0.2) is 10.6 Å². The summed E-state index contributed by atoms with van der Waals surface area (Å²) in [6, 6.07) is 3.85. The van der Waals surface area contributed by atoms with E-state index in [2.05, 4.69) is 27.1 Å². The minimum atomic E-state index is 0.595. The second-order valence-electron chi connectivity index (χ2n) is 4.25. The first-order valence-corrected chi connectivity index (χ1v) is 7.49. The Morgan fingerprint density at radius 3 is 3.00 bits per heavy atom. The first-order valence-electron chi connectivity index (χ1n) is 6.27. The number of aryl methyl sites for hydroxylation is 1. The van der Waals surface area contributed by atoms with Crippen molar-refractivity contribution in [1.82, 2.24) is 24.7 Å². The van der Waals surface area contributed by atoms with Crippen LogP contribution in [-0.2, 0) is 13.0 Å². The molecule has 0 spiro atoms. The summed E-state index contributed by atoms with van der Waals surface area (Å²) in [5.74, 6) is 0.788. The Labute approximate surface area is 125 Å². The second kappa shape index (κ2) is 5.64. The lowest BCUT2D eigenvalue weighted by Gasteiger charge is -2.04. The van der Waals surface area contributed by atoms with Crippen LogP contribution in [0.4, 0.5) is 0 Å². The molecule has 0 fully saturated rings. The molecule has 0 amide bonds. The SMILES string of the molecule is CCc1cnc(Cn2c(-c3cccnc3)n[nH]c2=S)s1. The molecule has 0 atom stereocenters. The molecule has 3 rings (SSSR count). The molecule has 3 heterocycles. The number of hydrogen-bond donors (Lipinski definition) is 1. The van der Waals surface area contributed by atoms with Crippen molar-refractivity contribution in [3.8, 4) is 11.4 Å². The molecule has 20 heavy (non-hydrogen) atoms. The van der Waals surface area contributed by atoms with E-state index in [9.17, 15) is 0 Å². The molecule has 0 saturated carbocycles. The summed E-state index contributed by atoms with van der Waals surface area (Å²) in [5.41, 5.74) is 0.937. The van der Waals surface area contributed by atoms with E-state index in [-0.39, 0.29) is 0 Å². The summed E-state index contributed by atoms with van der Waals surface area (Å²) in [4.78, 5) is 9.83. The molecule has 0 bridgehead atoms. The van der Waals surface area contributed by atoms with Crippen molar-refractivity contribution < 1.29 is 0 Å². The van der Waals surface area contributed by atoms with Crippen LogP contribution in [0.1, 0.15) is 16.8 Å². The number of thiazole rings is 1. The minimum Gasteiger partial charge on any atom is -0.293 e. The number of pyridine rings is 1. The van der Waals surface area contributed by atoms with Crippen LogP contribution in [0.2, 0.25) is 0 Å². The molecule has 1 N–H and O–H groups in total. The zero-order valence-corrected chi connectivity index (χ0v) is 12.5. The van der Waals surface area contributed by atoms with Gasteiger partial charge in [-0.3, -0.25) is 14.6 Å². The number of hydrogen-bond acceptors (Lipinski definition) is 5. The standard InChI is InChI=1S/C13H13N5S2/c1-2-10-7-15-11(20-10)8-18-12(16-17-13(18)19)9-4-3-5-14-6-9/h3-7H,2,8H2,1H3,(H,17,19). The molecule has 0 radical (unpaired) electrons. The van der Waals surface area contributed by atoms with Crippen molar-refractivity contribution in [2.45, 2.75) is 19.9 Å². The fourth-order valence-corrected chi connectivity index (χ4v) is 2.95. The molecule has 0 aliphatic rings. The molecule has 0 aromatic carbocycles. The van der Waals surface area contributed by atoms with Gasteiger partial charge in [-0.2, -0.15) is 5.10 Å². The molecule has 5 nitrogen and oxygen atoms in total. The van der Waals surface area contributed by atoms with Crippen LogP contribution in [-0.4, -0.2) is 24.7 Å². The molecule has 0 saturated heterocycles. The summed E-state index contributed by atoms with van der Waals surface area (Å²) in [7, 11) is 0. The average molecular weight is 303 g/mol. The number of H-pyrrole nitrogens is 1. The van der Waals surface area contributed by atoms with Gasteiger partial charge in [0.05, 0.1) is 6.54 Å². The highest BCUT2D eigenvalue weighted by atomic mass is 32.1. The van der Waals surface area contributed by atoms with Crippen LogP contribution in [0, 0.1) is 4.77 Å². The van der Waals surface area contributed by atoms with Crippen LogP contribution < -0.4 is 0 Å². The zero-order chi connectivity index (χ0) is 13.9. The fourth-order valence-electron chi connectivity index (χ4n) is 1.90. The van der Waals surface area contributed by atoms with E-state index in [4.69, 9.17) is 12.2 Å². The lowest BCUT2D eigenvalue weighted by atomic mass is 10.3. The molecule has 3 aromatic rings. The molecule has 0 aliphatic heterocycles. The highest BCUT2D eigenvalue weighted by Crippen LogP contribution is 2.19. The molecular formula is C13H13N5S2. The van der Waals surface area contributed by atoms with Gasteiger partial charge in [0.1, 0.15) is 5.01 Å². The van der Waals surface area contributed by atoms with E-state index < -0.39 is 0 Å². The van der Waals surface area contributed by atoms with Crippen LogP contribution in [0.15, 0.2) is 30.7 Å². The van der Waals surface area contributed by atoms with E-state index in [1.165, 1.54) is 4.88 Å². The highest BCUT2D eigenvalue weighted by molar-refractivity contribution is 7.71. The zero-order valence-electron chi connectivity index (χ0n) is 10.9. The van der Waals surface area contributed by atoms with Crippen LogP contribution in [0.25, 0.3) is 11.4 Å². The first-order chi connectivity index (χ1) is 9.78. The molecule has 7 heteroatoms. The summed E-state index contributed by atoms with van der Waals surface area (Å²) in [6.07, 6.45) is 6.45. The third-order valence-electron chi connectivity index (χ3n) is 2.92. The maximum Gasteiger partial charge on any atom is 0.195 e. The molecule has 0 unspecified atom stereocenters. The van der Waals surface area contributed by atoms with Crippen molar-refractivity contribution in [3.05, 3.63) is 45.4 Å². The van der Waals surface area contributed by atoms with Crippen LogP contribution in [0.3, 0.4) is 0 Å². The lowest BCUT2D eigenvalue weighted by molar-refractivity contribution is 0.783. The van der Waals surface area contributed by atoms with Gasteiger partial charge in [-0.15, -0.1) is 11.3 Å². The lowest BCUT2D eigenvalue weighted by Crippen LogP contribution is -2.02. The van der Waals surface area contributed by atoms with Gasteiger partial charge in [0.25, 0.3) is 0 Å². The fraction of sp³-hybridized carbons (Fsp3) is 0.231. The third kappa shape index (κ3) is 2.54. The van der Waals surface area contributed by atoms with E-state index in [1.807, 2.05) is 22.9 Å². The normalized spacial score (nSPS) is 10.8. The van der Waals surface area contributed by atoms with E-state index in [0.29, 0.717) is 11.3 Å². The topological polar surface area (TPSA) is 59.4 Å². The van der Waals surface area contributed by atoms with Crippen molar-refractivity contribution in [3.63, 3.8) is 0 Å². The number of nitrogens with zero attached hydrogens (tertiary/aromatic N) is 4. The maximum atomic E-state index is 5.31. The number of aromatic amines is 1. The predicted molar refractivity (Wildman–Crippen MR) is 81.2 cm³/mol. The summed E-state index contributed by atoms with van der Waals surface area (Å²) in [5, 5.41) is 8.17. The molecular weight excluding hydrogens is 290 g/mol. The highest BCUT2D eigenvalue weighted by Gasteiger charge is 2.11. The van der Waals surface area contributed by atoms with E-state index in [1.54, 1.807) is 23.7 Å². The van der Waals surface area contributed by atoms with Crippen molar-refractivity contribution in [1.29, 1.82) is 0 Å². The molecule has 0 aliphatic carbocycles. The number of rotatable bonds is 4. The van der Waals surface area contributed by atoms with E-state index in [0.717, 1.165) is 22.8 Å². The first kappa shape index (κ1) is 13.1. The third-order valence-corrected chi connectivity index (χ3v) is 4.36. The van der Waals surface area contributed by atoms with E-state index >= 15 is 0 Å². The van der Waals surface area contributed by atoms with Gasteiger partial charge >= 0.3 is 0 Å². The van der Waals surface area contributed by atoms with Crippen molar-refractivity contribution in [2.24, 2.45) is 0 Å². The molecule has 3 aromatic heterocycles. The van der Waals surface area contributed by atoms with Crippen molar-refractivity contribution >= 4 is 23.6 Å². The van der Waals surface area contributed by atoms with Gasteiger partial charge < -0.3 is 0 Å². The summed E-state index contributed by atoms with van der Waals surface area (Å²) >= 11 is 7.02. The number of nitrogens with one attached hydrogen (secondary N) is 1. The molecule has 102 valence electrons. The average Bonchev–Trinajstić information content (AvgIpc) is 3.08. The van der Waals surface area contributed by atoms with Gasteiger partial charge in [0, 0.05) is 29.0 Å². The van der Waals surface area contributed by atoms with Crippen molar-refractivity contribution in [2.75, 3.05) is 0 Å². The predicted octanol–water partition coefficient (Wildman–Crippen LogP) is 3.07. The van der Waals surface area contributed by atoms with Crippen LogP contribution >= 0.6 is 23.6 Å². The largest absolute Gasteiger partial charge is 0.293 e.